The molecule has 0 spiro atoms. The van der Waals surface area contributed by atoms with Gasteiger partial charge in [0.1, 0.15) is 0 Å². The molecule has 1 N–H and O–H groups in total. The Bertz CT molecular complexity index is 199. The Morgan fingerprint density at radius 3 is 1.91 bits per heavy atom. The molecule has 0 atom stereocenters. The van der Waals surface area contributed by atoms with Crippen molar-refractivity contribution in [3.8, 4) is 0 Å². The SMILES string of the molecule is O=C([O-])CSS(=O)(=O)O.[Na+].[Na+]. The maximum atomic E-state index is 9.76. The van der Waals surface area contributed by atoms with Gasteiger partial charge in [0.05, 0.1) is 11.7 Å². The van der Waals surface area contributed by atoms with Crippen molar-refractivity contribution in [2.45, 2.75) is 0 Å². The molecule has 0 bridgehead atoms. The number of hydrogen-bond donors (Lipinski definition) is 1. The van der Waals surface area contributed by atoms with Crippen LogP contribution in [0.5, 0.6) is 0 Å². The van der Waals surface area contributed by atoms with Crippen LogP contribution in [0.1, 0.15) is 0 Å². The van der Waals surface area contributed by atoms with Gasteiger partial charge in [0, 0.05) is 10.8 Å². The summed E-state index contributed by atoms with van der Waals surface area (Å²) in [6.07, 6.45) is 0. The molecule has 0 fully saturated rings. The molecule has 0 saturated heterocycles. The molecule has 0 aromatic carbocycles. The summed E-state index contributed by atoms with van der Waals surface area (Å²) in [5, 5.41) is 9.54. The molecular formula is C2H3Na2O5S2+. The molecule has 0 heterocycles. The summed E-state index contributed by atoms with van der Waals surface area (Å²) in [5.74, 6) is -2.28. The van der Waals surface area contributed by atoms with Gasteiger partial charge in [0.25, 0.3) is 0 Å². The van der Waals surface area contributed by atoms with Gasteiger partial charge in [-0.2, -0.15) is 8.42 Å². The van der Waals surface area contributed by atoms with Crippen molar-refractivity contribution < 1.29 is 82.0 Å². The van der Waals surface area contributed by atoms with Gasteiger partial charge in [0.15, 0.2) is 0 Å². The molecule has 0 aliphatic carbocycles. The van der Waals surface area contributed by atoms with Crippen LogP contribution < -0.4 is 64.2 Å². The van der Waals surface area contributed by atoms with Crippen molar-refractivity contribution in [2.75, 3.05) is 5.75 Å². The second kappa shape index (κ2) is 8.33. The molecular weight excluding hydrogens is 214 g/mol. The summed E-state index contributed by atoms with van der Waals surface area (Å²) in [6.45, 7) is 0. The Kier molecular flexibility index (Phi) is 14.0. The number of hydrogen-bond acceptors (Lipinski definition) is 5. The monoisotopic (exact) mass is 217 g/mol. The zero-order valence-corrected chi connectivity index (χ0v) is 11.7. The normalized spacial score (nSPS) is 9.18. The first kappa shape index (κ1) is 18.5. The van der Waals surface area contributed by atoms with Crippen LogP contribution >= 0.6 is 10.8 Å². The summed E-state index contributed by atoms with van der Waals surface area (Å²) in [6, 6.07) is 0. The summed E-state index contributed by atoms with van der Waals surface area (Å²) < 4.78 is 27.4. The molecule has 0 aromatic heterocycles. The third-order valence-corrected chi connectivity index (χ3v) is 2.22. The first-order chi connectivity index (χ1) is 3.92. The summed E-state index contributed by atoms with van der Waals surface area (Å²) >= 11 is 0. The van der Waals surface area contributed by atoms with Crippen LogP contribution in [0, 0.1) is 0 Å². The molecule has 0 radical (unpaired) electrons. The van der Waals surface area contributed by atoms with E-state index in [1.165, 1.54) is 0 Å². The van der Waals surface area contributed by atoms with Crippen LogP contribution in [0.25, 0.3) is 0 Å². The molecule has 0 unspecified atom stereocenters. The quantitative estimate of drug-likeness (QED) is 0.286. The molecule has 0 rings (SSSR count). The molecule has 5 nitrogen and oxygen atoms in total. The molecule has 54 valence electrons. The minimum Gasteiger partial charge on any atom is -0.549 e. The van der Waals surface area contributed by atoms with Gasteiger partial charge in [-0.25, -0.2) is 0 Å². The Balaban J connectivity index is -0.000000320. The van der Waals surface area contributed by atoms with E-state index in [1.807, 2.05) is 0 Å². The molecule has 9 heteroatoms. The van der Waals surface area contributed by atoms with Gasteiger partial charge >= 0.3 is 68.3 Å². The Morgan fingerprint density at radius 2 is 1.82 bits per heavy atom. The fourth-order valence-electron chi connectivity index (χ4n) is 0.123. The number of carbonyl (C=O) groups excluding carboxylic acids is 1. The van der Waals surface area contributed by atoms with Gasteiger partial charge in [-0.15, -0.1) is 0 Å². The van der Waals surface area contributed by atoms with Crippen LogP contribution in [-0.2, 0) is 13.9 Å². The second-order valence-electron chi connectivity index (χ2n) is 1.06. The van der Waals surface area contributed by atoms with E-state index in [9.17, 15) is 18.3 Å². The fourth-order valence-corrected chi connectivity index (χ4v) is 1.10. The zero-order chi connectivity index (χ0) is 7.49. The van der Waals surface area contributed by atoms with Crippen molar-refractivity contribution >= 4 is 25.9 Å². The van der Waals surface area contributed by atoms with Crippen LogP contribution in [0.15, 0.2) is 0 Å². The van der Waals surface area contributed by atoms with Crippen LogP contribution in [-0.4, -0.2) is 24.7 Å². The maximum Gasteiger partial charge on any atom is 1.00 e. The van der Waals surface area contributed by atoms with E-state index in [2.05, 4.69) is 0 Å². The first-order valence-electron chi connectivity index (χ1n) is 1.73. The van der Waals surface area contributed by atoms with E-state index in [0.717, 1.165) is 0 Å². The average Bonchev–Trinajstić information content (AvgIpc) is 1.59. The molecule has 11 heavy (non-hydrogen) atoms. The minimum absolute atomic E-state index is 0. The van der Waals surface area contributed by atoms with E-state index in [-0.39, 0.29) is 69.9 Å². The van der Waals surface area contributed by atoms with Crippen LogP contribution in [0.4, 0.5) is 0 Å². The van der Waals surface area contributed by atoms with Crippen LogP contribution in [0.3, 0.4) is 0 Å². The number of carboxylic acid groups (broad SMARTS) is 1. The van der Waals surface area contributed by atoms with Gasteiger partial charge in [0.2, 0.25) is 0 Å². The predicted molar refractivity (Wildman–Crippen MR) is 29.0 cm³/mol. The smallest absolute Gasteiger partial charge is 0.549 e. The van der Waals surface area contributed by atoms with Gasteiger partial charge in [-0.3, -0.25) is 4.55 Å². The maximum absolute atomic E-state index is 9.76. The molecule has 0 aromatic rings. The van der Waals surface area contributed by atoms with Gasteiger partial charge in [-0.1, -0.05) is 0 Å². The molecule has 0 saturated carbocycles. The van der Waals surface area contributed by atoms with Gasteiger partial charge in [-0.05, 0) is 0 Å². The average molecular weight is 217 g/mol. The topological polar surface area (TPSA) is 94.5 Å². The molecule has 0 aliphatic heterocycles. The molecule has 0 amide bonds. The summed E-state index contributed by atoms with van der Waals surface area (Å²) in [5.41, 5.74) is 0. The van der Waals surface area contributed by atoms with E-state index < -0.39 is 20.9 Å². The third-order valence-electron chi connectivity index (χ3n) is 0.326. The zero-order valence-electron chi connectivity index (χ0n) is 6.10. The van der Waals surface area contributed by atoms with Crippen molar-refractivity contribution in [1.29, 1.82) is 0 Å². The van der Waals surface area contributed by atoms with Crippen molar-refractivity contribution in [2.24, 2.45) is 0 Å². The van der Waals surface area contributed by atoms with Crippen LogP contribution in [0.2, 0.25) is 0 Å². The Morgan fingerprint density at radius 1 is 1.45 bits per heavy atom. The van der Waals surface area contributed by atoms with Gasteiger partial charge < -0.3 is 9.90 Å². The minimum atomic E-state index is -4.22. The van der Waals surface area contributed by atoms with Crippen molar-refractivity contribution in [1.82, 2.24) is 0 Å². The summed E-state index contributed by atoms with van der Waals surface area (Å²) in [7, 11) is -4.32. The second-order valence-corrected chi connectivity index (χ2v) is 4.41. The predicted octanol–water partition coefficient (Wildman–Crippen LogP) is -7.72. The van der Waals surface area contributed by atoms with Crippen molar-refractivity contribution in [3.05, 3.63) is 0 Å². The van der Waals surface area contributed by atoms with E-state index in [0.29, 0.717) is 0 Å². The number of carboxylic acids is 1. The van der Waals surface area contributed by atoms with E-state index >= 15 is 0 Å². The van der Waals surface area contributed by atoms with E-state index in [1.54, 1.807) is 0 Å². The molecule has 0 aliphatic rings. The summed E-state index contributed by atoms with van der Waals surface area (Å²) in [4.78, 5) is 9.54. The fraction of sp³-hybridized carbons (Fsp3) is 0.500. The largest absolute Gasteiger partial charge is 1.00 e. The third kappa shape index (κ3) is 18.6. The standard InChI is InChI=1S/C2H4O5S2.2Na/c3-2(4)1-8-9(5,6)7;;/h1H2,(H,3,4)(H,5,6,7);;/q;2*+1/p-1. The number of carbonyl (C=O) groups is 1. The van der Waals surface area contributed by atoms with Crippen molar-refractivity contribution in [3.63, 3.8) is 0 Å². The van der Waals surface area contributed by atoms with E-state index in [4.69, 9.17) is 4.55 Å². The first-order valence-corrected chi connectivity index (χ1v) is 4.68. The number of rotatable bonds is 3. The number of aliphatic carboxylic acids is 1. The Hall–Kier alpha value is 1.73. The Labute approximate surface area is 112 Å².